The molecule has 2 N–H and O–H groups in total. The molecule has 2 aromatic carbocycles. The summed E-state index contributed by atoms with van der Waals surface area (Å²) in [4.78, 5) is 11.2. The van der Waals surface area contributed by atoms with Crippen LogP contribution in [-0.4, -0.2) is 20.7 Å². The number of halogens is 1. The fourth-order valence-corrected chi connectivity index (χ4v) is 2.23. The van der Waals surface area contributed by atoms with Crippen molar-refractivity contribution in [3.8, 4) is 11.4 Å². The van der Waals surface area contributed by atoms with Crippen LogP contribution < -0.4 is 0 Å². The van der Waals surface area contributed by atoms with Gasteiger partial charge in [-0.3, -0.25) is 0 Å². The smallest absolute Gasteiger partial charge is 0.336 e. The van der Waals surface area contributed by atoms with E-state index in [0.29, 0.717) is 16.6 Å². The average molecular weight is 271 g/mol. The maximum Gasteiger partial charge on any atom is 0.336 e. The first-order valence-electron chi connectivity index (χ1n) is 5.89. The summed E-state index contributed by atoms with van der Waals surface area (Å²) in [6, 6.07) is 10.1. The van der Waals surface area contributed by atoms with Gasteiger partial charge in [-0.15, -0.1) is 0 Å². The quantitative estimate of drug-likeness (QED) is 0.752. The van der Waals surface area contributed by atoms with Crippen molar-refractivity contribution < 1.29 is 19.4 Å². The van der Waals surface area contributed by atoms with E-state index >= 15 is 0 Å². The Hall–Kier alpha value is -2.82. The number of phenols is 1. The molecule has 0 aliphatic rings. The Morgan fingerprint density at radius 1 is 1.10 bits per heavy atom. The van der Waals surface area contributed by atoms with Gasteiger partial charge in [0.1, 0.15) is 11.6 Å². The van der Waals surface area contributed by atoms with Crippen LogP contribution in [0.5, 0.6) is 5.75 Å². The maximum absolute atomic E-state index is 12.9. The molecule has 5 heteroatoms. The summed E-state index contributed by atoms with van der Waals surface area (Å²) in [5, 5.41) is 19.3. The highest BCUT2D eigenvalue weighted by molar-refractivity contribution is 6.04. The van der Waals surface area contributed by atoms with Crippen molar-refractivity contribution >= 4 is 16.9 Å². The van der Waals surface area contributed by atoms with E-state index in [4.69, 9.17) is 5.11 Å². The van der Waals surface area contributed by atoms with Crippen LogP contribution in [0.15, 0.2) is 48.7 Å². The Balaban J connectivity index is 2.28. The van der Waals surface area contributed by atoms with E-state index in [1.807, 2.05) is 0 Å². The van der Waals surface area contributed by atoms with Crippen LogP contribution in [0.1, 0.15) is 10.4 Å². The van der Waals surface area contributed by atoms with Crippen molar-refractivity contribution in [2.45, 2.75) is 0 Å². The van der Waals surface area contributed by atoms with Gasteiger partial charge in [0.25, 0.3) is 0 Å². The number of hydrogen-bond donors (Lipinski definition) is 2. The number of benzene rings is 2. The van der Waals surface area contributed by atoms with Crippen molar-refractivity contribution in [1.29, 1.82) is 0 Å². The molecule has 0 aliphatic heterocycles. The molecule has 4 nitrogen and oxygen atoms in total. The van der Waals surface area contributed by atoms with E-state index < -0.39 is 5.97 Å². The highest BCUT2D eigenvalue weighted by Gasteiger charge is 2.14. The number of rotatable bonds is 2. The molecule has 0 radical (unpaired) electrons. The van der Waals surface area contributed by atoms with Gasteiger partial charge in [0.15, 0.2) is 0 Å². The zero-order valence-corrected chi connectivity index (χ0v) is 10.2. The number of fused-ring (bicyclic) bond motifs is 1. The van der Waals surface area contributed by atoms with Gasteiger partial charge in [0.2, 0.25) is 0 Å². The summed E-state index contributed by atoms with van der Waals surface area (Å²) in [5.41, 5.74) is 1.26. The lowest BCUT2D eigenvalue weighted by Crippen LogP contribution is -1.98. The molecule has 20 heavy (non-hydrogen) atoms. The first-order valence-corrected chi connectivity index (χ1v) is 5.89. The normalized spacial score (nSPS) is 10.8. The number of carboxylic acids is 1. The van der Waals surface area contributed by atoms with E-state index in [1.165, 1.54) is 24.3 Å². The van der Waals surface area contributed by atoms with Gasteiger partial charge in [-0.1, -0.05) is 0 Å². The molecule has 1 aromatic heterocycles. The largest absolute Gasteiger partial charge is 0.508 e. The Morgan fingerprint density at radius 3 is 2.45 bits per heavy atom. The molecule has 100 valence electrons. The second-order valence-electron chi connectivity index (χ2n) is 4.39. The molecule has 0 aliphatic carbocycles. The zero-order valence-electron chi connectivity index (χ0n) is 10.2. The number of phenolic OH excluding ortho intramolecular Hbond substituents is 1. The minimum atomic E-state index is -1.11. The number of aromatic hydroxyl groups is 1. The molecular weight excluding hydrogens is 261 g/mol. The standard InChI is InChI=1S/C15H10FNO3/c16-9-1-3-10(4-2-9)17-6-5-12-13(15(19)20)7-11(18)8-14(12)17/h1-8,18H,(H,19,20). The van der Waals surface area contributed by atoms with Crippen LogP contribution in [0, 0.1) is 5.82 Å². The van der Waals surface area contributed by atoms with E-state index in [1.54, 1.807) is 29.0 Å². The summed E-state index contributed by atoms with van der Waals surface area (Å²) >= 11 is 0. The summed E-state index contributed by atoms with van der Waals surface area (Å²) < 4.78 is 14.6. The van der Waals surface area contributed by atoms with Gasteiger partial charge >= 0.3 is 5.97 Å². The van der Waals surface area contributed by atoms with Gasteiger partial charge in [-0.05, 0) is 36.4 Å². The van der Waals surface area contributed by atoms with Crippen LogP contribution in [0.4, 0.5) is 4.39 Å². The first-order chi connectivity index (χ1) is 9.56. The Bertz CT molecular complexity index is 806. The predicted octanol–water partition coefficient (Wildman–Crippen LogP) is 3.17. The predicted molar refractivity (Wildman–Crippen MR) is 71.9 cm³/mol. The number of hydrogen-bond acceptors (Lipinski definition) is 2. The molecule has 1 heterocycles. The molecule has 0 fully saturated rings. The van der Waals surface area contributed by atoms with Gasteiger partial charge in [0, 0.05) is 23.3 Å². The van der Waals surface area contributed by atoms with E-state index in [2.05, 4.69) is 0 Å². The minimum absolute atomic E-state index is 0.0286. The number of aromatic carboxylic acids is 1. The lowest BCUT2D eigenvalue weighted by molar-refractivity contribution is 0.0698. The summed E-state index contributed by atoms with van der Waals surface area (Å²) in [6.07, 6.45) is 1.68. The van der Waals surface area contributed by atoms with Crippen LogP contribution in [0.2, 0.25) is 0 Å². The van der Waals surface area contributed by atoms with Crippen LogP contribution in [0.3, 0.4) is 0 Å². The number of nitrogens with zero attached hydrogens (tertiary/aromatic N) is 1. The molecule has 0 bridgehead atoms. The molecule has 0 unspecified atom stereocenters. The fraction of sp³-hybridized carbons (Fsp3) is 0. The lowest BCUT2D eigenvalue weighted by Gasteiger charge is -2.07. The highest BCUT2D eigenvalue weighted by Crippen LogP contribution is 2.28. The van der Waals surface area contributed by atoms with Crippen molar-refractivity contribution in [1.82, 2.24) is 4.57 Å². The molecule has 0 saturated heterocycles. The number of carboxylic acid groups (broad SMARTS) is 1. The maximum atomic E-state index is 12.9. The summed E-state index contributed by atoms with van der Waals surface area (Å²) in [7, 11) is 0. The van der Waals surface area contributed by atoms with Gasteiger partial charge in [0.05, 0.1) is 11.1 Å². The van der Waals surface area contributed by atoms with E-state index in [0.717, 1.165) is 0 Å². The molecule has 0 spiro atoms. The van der Waals surface area contributed by atoms with Crippen molar-refractivity contribution in [2.24, 2.45) is 0 Å². The highest BCUT2D eigenvalue weighted by atomic mass is 19.1. The second kappa shape index (κ2) is 4.38. The summed E-state index contributed by atoms with van der Waals surface area (Å²) in [5.74, 6) is -1.58. The monoisotopic (exact) mass is 271 g/mol. The van der Waals surface area contributed by atoms with Gasteiger partial charge < -0.3 is 14.8 Å². The molecule has 3 aromatic rings. The topological polar surface area (TPSA) is 62.5 Å². The summed E-state index contributed by atoms with van der Waals surface area (Å²) in [6.45, 7) is 0. The second-order valence-corrected chi connectivity index (χ2v) is 4.39. The SMILES string of the molecule is O=C(O)c1cc(O)cc2c1ccn2-c1ccc(F)cc1. The molecule has 0 amide bonds. The fourth-order valence-electron chi connectivity index (χ4n) is 2.23. The Labute approximate surface area is 113 Å². The minimum Gasteiger partial charge on any atom is -0.508 e. The molecule has 0 saturated carbocycles. The zero-order chi connectivity index (χ0) is 14.3. The van der Waals surface area contributed by atoms with Gasteiger partial charge in [-0.25, -0.2) is 9.18 Å². The lowest BCUT2D eigenvalue weighted by atomic mass is 10.1. The first kappa shape index (κ1) is 12.2. The molecule has 0 atom stereocenters. The molecular formula is C15H10FNO3. The Kier molecular flexibility index (Phi) is 2.68. The van der Waals surface area contributed by atoms with Crippen molar-refractivity contribution in [3.63, 3.8) is 0 Å². The van der Waals surface area contributed by atoms with Crippen molar-refractivity contribution in [2.75, 3.05) is 0 Å². The van der Waals surface area contributed by atoms with Crippen LogP contribution >= 0.6 is 0 Å². The van der Waals surface area contributed by atoms with E-state index in [9.17, 15) is 14.3 Å². The average Bonchev–Trinajstić information content (AvgIpc) is 2.82. The van der Waals surface area contributed by atoms with Gasteiger partial charge in [-0.2, -0.15) is 0 Å². The third-order valence-corrected chi connectivity index (χ3v) is 3.13. The number of aromatic nitrogens is 1. The van der Waals surface area contributed by atoms with E-state index in [-0.39, 0.29) is 17.1 Å². The third kappa shape index (κ3) is 1.89. The van der Waals surface area contributed by atoms with Crippen molar-refractivity contribution in [3.05, 3.63) is 60.0 Å². The third-order valence-electron chi connectivity index (χ3n) is 3.13. The molecule has 3 rings (SSSR count). The Morgan fingerprint density at radius 2 is 1.80 bits per heavy atom. The number of carbonyl (C=O) groups is 1. The van der Waals surface area contributed by atoms with Crippen LogP contribution in [-0.2, 0) is 0 Å². The van der Waals surface area contributed by atoms with Crippen LogP contribution in [0.25, 0.3) is 16.6 Å².